The number of fused-ring (bicyclic) bond motifs is 1. The zero-order valence-corrected chi connectivity index (χ0v) is 11.8. The third-order valence-electron chi connectivity index (χ3n) is 3.47. The quantitative estimate of drug-likeness (QED) is 0.832. The van der Waals surface area contributed by atoms with Gasteiger partial charge in [0.2, 0.25) is 5.95 Å². The van der Waals surface area contributed by atoms with Gasteiger partial charge < -0.3 is 15.8 Å². The number of methoxy groups -OCH3 is 1. The summed E-state index contributed by atoms with van der Waals surface area (Å²) in [4.78, 5) is 8.24. The molecule has 1 aliphatic rings. The van der Waals surface area contributed by atoms with Gasteiger partial charge in [0.25, 0.3) is 0 Å². The summed E-state index contributed by atoms with van der Waals surface area (Å²) in [7, 11) is 1.66. The monoisotopic (exact) mass is 290 g/mol. The first-order valence-electron chi connectivity index (χ1n) is 6.39. The molecule has 1 aromatic heterocycles. The lowest BCUT2D eigenvalue weighted by molar-refractivity contribution is 0.414. The molecule has 1 atom stereocenters. The van der Waals surface area contributed by atoms with E-state index >= 15 is 0 Å². The highest BCUT2D eigenvalue weighted by Crippen LogP contribution is 2.38. The van der Waals surface area contributed by atoms with Crippen molar-refractivity contribution >= 4 is 23.2 Å². The number of anilines is 2. The zero-order chi connectivity index (χ0) is 14.1. The minimum Gasteiger partial charge on any atom is -0.497 e. The number of nitrogens with one attached hydrogen (secondary N) is 1. The molecule has 0 saturated heterocycles. The Morgan fingerprint density at radius 1 is 1.35 bits per heavy atom. The number of hydrogen-bond donors (Lipinski definition) is 2. The summed E-state index contributed by atoms with van der Waals surface area (Å²) < 4.78 is 5.30. The van der Waals surface area contributed by atoms with Crippen LogP contribution in [0.25, 0.3) is 0 Å². The van der Waals surface area contributed by atoms with E-state index in [0.717, 1.165) is 35.7 Å². The van der Waals surface area contributed by atoms with Gasteiger partial charge in [-0.25, -0.2) is 9.97 Å². The van der Waals surface area contributed by atoms with Gasteiger partial charge in [0.1, 0.15) is 10.9 Å². The number of halogens is 1. The van der Waals surface area contributed by atoms with Crippen molar-refractivity contribution in [1.82, 2.24) is 9.97 Å². The smallest absolute Gasteiger partial charge is 0.221 e. The van der Waals surface area contributed by atoms with Crippen LogP contribution in [-0.2, 0) is 0 Å². The van der Waals surface area contributed by atoms with Crippen LogP contribution in [0.3, 0.4) is 0 Å². The van der Waals surface area contributed by atoms with Crippen LogP contribution in [0.4, 0.5) is 11.6 Å². The average molecular weight is 291 g/mol. The molecule has 5 nitrogen and oxygen atoms in total. The lowest BCUT2D eigenvalue weighted by Gasteiger charge is -2.27. The third-order valence-corrected chi connectivity index (χ3v) is 3.67. The van der Waals surface area contributed by atoms with Gasteiger partial charge >= 0.3 is 0 Å². The van der Waals surface area contributed by atoms with Crippen molar-refractivity contribution in [2.24, 2.45) is 0 Å². The Bertz CT molecular complexity index is 627. The molecule has 2 aromatic rings. The van der Waals surface area contributed by atoms with Crippen LogP contribution in [0, 0.1) is 0 Å². The Morgan fingerprint density at radius 3 is 2.95 bits per heavy atom. The summed E-state index contributed by atoms with van der Waals surface area (Å²) in [6, 6.07) is 7.76. The molecule has 1 unspecified atom stereocenters. The van der Waals surface area contributed by atoms with Crippen molar-refractivity contribution in [3.05, 3.63) is 40.7 Å². The van der Waals surface area contributed by atoms with Crippen molar-refractivity contribution in [3.63, 3.8) is 0 Å². The molecule has 2 heterocycles. The normalized spacial score (nSPS) is 17.2. The van der Waals surface area contributed by atoms with Crippen LogP contribution in [-0.4, -0.2) is 23.6 Å². The van der Waals surface area contributed by atoms with Gasteiger partial charge in [0.05, 0.1) is 12.8 Å². The molecule has 0 radical (unpaired) electrons. The van der Waals surface area contributed by atoms with Gasteiger partial charge in [-0.2, -0.15) is 0 Å². The van der Waals surface area contributed by atoms with E-state index in [1.165, 1.54) is 0 Å². The van der Waals surface area contributed by atoms with Crippen LogP contribution < -0.4 is 15.8 Å². The molecule has 0 saturated carbocycles. The maximum atomic E-state index is 5.98. The number of ether oxygens (including phenoxy) is 1. The summed E-state index contributed by atoms with van der Waals surface area (Å²) in [6.07, 6.45) is 0.924. The molecule has 1 aliphatic heterocycles. The molecule has 0 spiro atoms. The Morgan fingerprint density at radius 2 is 2.20 bits per heavy atom. The van der Waals surface area contributed by atoms with E-state index in [9.17, 15) is 0 Å². The van der Waals surface area contributed by atoms with E-state index in [2.05, 4.69) is 15.3 Å². The molecule has 0 bridgehead atoms. The maximum Gasteiger partial charge on any atom is 0.221 e. The number of benzene rings is 1. The van der Waals surface area contributed by atoms with Crippen molar-refractivity contribution in [3.8, 4) is 5.75 Å². The van der Waals surface area contributed by atoms with Crippen molar-refractivity contribution in [1.29, 1.82) is 0 Å². The molecular weight excluding hydrogens is 276 g/mol. The fourth-order valence-corrected chi connectivity index (χ4v) is 2.76. The summed E-state index contributed by atoms with van der Waals surface area (Å²) in [5, 5.41) is 3.75. The molecule has 0 aliphatic carbocycles. The van der Waals surface area contributed by atoms with Crippen LogP contribution >= 0.6 is 11.6 Å². The summed E-state index contributed by atoms with van der Waals surface area (Å²) in [6.45, 7) is 0.880. The van der Waals surface area contributed by atoms with Gasteiger partial charge in [-0.3, -0.25) is 0 Å². The minimum atomic E-state index is 0.143. The average Bonchev–Trinajstić information content (AvgIpc) is 2.45. The second kappa shape index (κ2) is 5.17. The number of aromatic nitrogens is 2. The maximum absolute atomic E-state index is 5.98. The molecule has 104 valence electrons. The topological polar surface area (TPSA) is 73.1 Å². The van der Waals surface area contributed by atoms with Gasteiger partial charge in [-0.1, -0.05) is 11.6 Å². The van der Waals surface area contributed by atoms with Gasteiger partial charge in [-0.15, -0.1) is 0 Å². The number of nitrogens with zero attached hydrogens (tertiary/aromatic N) is 2. The van der Waals surface area contributed by atoms with Crippen molar-refractivity contribution in [2.45, 2.75) is 12.3 Å². The van der Waals surface area contributed by atoms with Gasteiger partial charge in [0.15, 0.2) is 0 Å². The predicted molar refractivity (Wildman–Crippen MR) is 79.4 cm³/mol. The standard InChI is InChI=1S/C14H15ClN4O/c1-20-8-2-3-11-10(6-8)9(4-5-17-11)12-7-13(15)19-14(16)18-12/h2-3,6-7,9,17H,4-5H2,1H3,(H2,16,18,19). The number of hydrogen-bond acceptors (Lipinski definition) is 5. The first kappa shape index (κ1) is 13.0. The number of nitrogens with two attached hydrogens (primary N) is 1. The fourth-order valence-electron chi connectivity index (χ4n) is 2.56. The molecule has 0 amide bonds. The van der Waals surface area contributed by atoms with Crippen LogP contribution in [0.1, 0.15) is 23.6 Å². The lowest BCUT2D eigenvalue weighted by Crippen LogP contribution is -2.19. The van der Waals surface area contributed by atoms with Crippen molar-refractivity contribution in [2.75, 3.05) is 24.7 Å². The molecule has 1 aromatic carbocycles. The second-order valence-electron chi connectivity index (χ2n) is 4.69. The Hall–Kier alpha value is -2.01. The molecule has 20 heavy (non-hydrogen) atoms. The predicted octanol–water partition coefficient (Wildman–Crippen LogP) is 2.67. The SMILES string of the molecule is COc1ccc2c(c1)C(c1cc(Cl)nc(N)n1)CCN2. The molecule has 0 fully saturated rings. The number of nitrogen functional groups attached to an aromatic ring is 1. The minimum absolute atomic E-state index is 0.143. The summed E-state index contributed by atoms with van der Waals surface area (Å²) in [5.41, 5.74) is 8.78. The highest BCUT2D eigenvalue weighted by molar-refractivity contribution is 6.29. The Kier molecular flexibility index (Phi) is 3.36. The van der Waals surface area contributed by atoms with Crippen LogP contribution in [0.5, 0.6) is 5.75 Å². The van der Waals surface area contributed by atoms with Crippen molar-refractivity contribution < 1.29 is 4.74 Å². The molecule has 3 N–H and O–H groups in total. The Balaban J connectivity index is 2.08. The molecule has 3 rings (SSSR count). The van der Waals surface area contributed by atoms with Crippen LogP contribution in [0.2, 0.25) is 5.15 Å². The van der Waals surface area contributed by atoms with Gasteiger partial charge in [-0.05, 0) is 36.2 Å². The lowest BCUT2D eigenvalue weighted by atomic mass is 9.88. The first-order chi connectivity index (χ1) is 9.67. The highest BCUT2D eigenvalue weighted by atomic mass is 35.5. The van der Waals surface area contributed by atoms with E-state index in [-0.39, 0.29) is 11.9 Å². The summed E-state index contributed by atoms with van der Waals surface area (Å²) in [5.74, 6) is 1.17. The first-order valence-corrected chi connectivity index (χ1v) is 6.77. The van der Waals surface area contributed by atoms with E-state index in [1.807, 2.05) is 18.2 Å². The largest absolute Gasteiger partial charge is 0.497 e. The van der Waals surface area contributed by atoms with E-state index in [1.54, 1.807) is 13.2 Å². The zero-order valence-electron chi connectivity index (χ0n) is 11.1. The third kappa shape index (κ3) is 2.36. The number of rotatable bonds is 2. The van der Waals surface area contributed by atoms with E-state index in [4.69, 9.17) is 22.1 Å². The highest BCUT2D eigenvalue weighted by Gasteiger charge is 2.24. The second-order valence-corrected chi connectivity index (χ2v) is 5.08. The fraction of sp³-hybridized carbons (Fsp3) is 0.286. The Labute approximate surface area is 122 Å². The molecule has 6 heteroatoms. The van der Waals surface area contributed by atoms with E-state index in [0.29, 0.717) is 5.15 Å². The summed E-state index contributed by atoms with van der Waals surface area (Å²) >= 11 is 5.98. The van der Waals surface area contributed by atoms with Gasteiger partial charge in [0, 0.05) is 18.2 Å². The molecular formula is C14H15ClN4O. The van der Waals surface area contributed by atoms with Crippen LogP contribution in [0.15, 0.2) is 24.3 Å². The van der Waals surface area contributed by atoms with E-state index < -0.39 is 0 Å².